The Balaban J connectivity index is 2.94. The fourth-order valence-electron chi connectivity index (χ4n) is 2.07. The molecule has 0 aliphatic carbocycles. The number of aromatic nitrogens is 1. The van der Waals surface area contributed by atoms with E-state index in [0.717, 1.165) is 16.5 Å². The standard InChI is InChI=1S/C13H14N2O2/c1-3-8-11(13(16)17)12(14)10-7(2)5-4-6-9(10)15-8/h4-6H,3H2,1-2H3,(H2,14,15)(H,16,17). The molecule has 0 aliphatic rings. The maximum atomic E-state index is 11.2. The molecule has 0 radical (unpaired) electrons. The van der Waals surface area contributed by atoms with Gasteiger partial charge in [0.1, 0.15) is 5.56 Å². The Bertz CT molecular complexity index is 606. The van der Waals surface area contributed by atoms with Gasteiger partial charge in [-0.3, -0.25) is 4.98 Å². The van der Waals surface area contributed by atoms with Crippen LogP contribution in [0.3, 0.4) is 0 Å². The molecule has 0 saturated carbocycles. The first kappa shape index (κ1) is 11.4. The molecule has 0 bridgehead atoms. The summed E-state index contributed by atoms with van der Waals surface area (Å²) >= 11 is 0. The molecule has 2 aromatic rings. The first-order valence-corrected chi connectivity index (χ1v) is 5.47. The molecule has 1 heterocycles. The van der Waals surface area contributed by atoms with Crippen LogP contribution in [0.5, 0.6) is 0 Å². The largest absolute Gasteiger partial charge is 0.478 e. The second kappa shape index (κ2) is 4.05. The lowest BCUT2D eigenvalue weighted by Gasteiger charge is -2.11. The van der Waals surface area contributed by atoms with E-state index in [1.165, 1.54) is 0 Å². The minimum absolute atomic E-state index is 0.134. The van der Waals surface area contributed by atoms with Crippen molar-refractivity contribution in [1.29, 1.82) is 0 Å². The third kappa shape index (κ3) is 1.71. The minimum atomic E-state index is -1.02. The van der Waals surface area contributed by atoms with E-state index in [1.807, 2.05) is 32.0 Å². The molecule has 4 heteroatoms. The maximum absolute atomic E-state index is 11.2. The Kier molecular flexibility index (Phi) is 2.71. The number of aryl methyl sites for hydroxylation is 2. The molecule has 0 unspecified atom stereocenters. The molecular weight excluding hydrogens is 216 g/mol. The highest BCUT2D eigenvalue weighted by molar-refractivity contribution is 6.05. The highest BCUT2D eigenvalue weighted by Gasteiger charge is 2.18. The summed E-state index contributed by atoms with van der Waals surface area (Å²) < 4.78 is 0. The van der Waals surface area contributed by atoms with Crippen LogP contribution in [0, 0.1) is 6.92 Å². The van der Waals surface area contributed by atoms with Crippen LogP contribution in [0.4, 0.5) is 5.69 Å². The number of carbonyl (C=O) groups is 1. The number of hydrogen-bond donors (Lipinski definition) is 2. The zero-order valence-electron chi connectivity index (χ0n) is 9.82. The summed E-state index contributed by atoms with van der Waals surface area (Å²) in [6.07, 6.45) is 0.551. The molecule has 0 amide bonds. The maximum Gasteiger partial charge on any atom is 0.339 e. The number of carboxylic acids is 1. The predicted molar refractivity (Wildman–Crippen MR) is 67.2 cm³/mol. The number of aromatic carboxylic acids is 1. The van der Waals surface area contributed by atoms with Gasteiger partial charge >= 0.3 is 5.97 Å². The van der Waals surface area contributed by atoms with Gasteiger partial charge < -0.3 is 10.8 Å². The Morgan fingerprint density at radius 3 is 2.76 bits per heavy atom. The molecule has 0 saturated heterocycles. The zero-order chi connectivity index (χ0) is 12.6. The quantitative estimate of drug-likeness (QED) is 0.830. The average Bonchev–Trinajstić information content (AvgIpc) is 2.27. The number of pyridine rings is 1. The van der Waals surface area contributed by atoms with E-state index < -0.39 is 5.97 Å². The van der Waals surface area contributed by atoms with Crippen molar-refractivity contribution in [3.05, 3.63) is 35.0 Å². The van der Waals surface area contributed by atoms with Gasteiger partial charge in [-0.1, -0.05) is 19.1 Å². The third-order valence-corrected chi connectivity index (χ3v) is 2.88. The van der Waals surface area contributed by atoms with Gasteiger partial charge in [0.2, 0.25) is 0 Å². The molecule has 3 N–H and O–H groups in total. The predicted octanol–water partition coefficient (Wildman–Crippen LogP) is 2.39. The third-order valence-electron chi connectivity index (χ3n) is 2.88. The highest BCUT2D eigenvalue weighted by atomic mass is 16.4. The molecular formula is C13H14N2O2. The lowest BCUT2D eigenvalue weighted by atomic mass is 10.0. The van der Waals surface area contributed by atoms with Gasteiger partial charge in [-0.15, -0.1) is 0 Å². The lowest BCUT2D eigenvalue weighted by molar-refractivity contribution is 0.0696. The van der Waals surface area contributed by atoms with Crippen molar-refractivity contribution in [3.63, 3.8) is 0 Å². The van der Waals surface area contributed by atoms with E-state index in [1.54, 1.807) is 0 Å². The first-order chi connectivity index (χ1) is 8.06. The molecule has 17 heavy (non-hydrogen) atoms. The summed E-state index contributed by atoms with van der Waals surface area (Å²) in [5, 5.41) is 9.95. The molecule has 0 spiro atoms. The van der Waals surface area contributed by atoms with Gasteiger partial charge in [0.05, 0.1) is 16.9 Å². The number of nitrogens with zero attached hydrogens (tertiary/aromatic N) is 1. The summed E-state index contributed by atoms with van der Waals surface area (Å²) in [5.74, 6) is -1.02. The molecule has 0 fully saturated rings. The minimum Gasteiger partial charge on any atom is -0.478 e. The van der Waals surface area contributed by atoms with E-state index in [2.05, 4.69) is 4.98 Å². The van der Waals surface area contributed by atoms with Gasteiger partial charge in [-0.05, 0) is 25.0 Å². The van der Waals surface area contributed by atoms with Crippen molar-refractivity contribution in [2.45, 2.75) is 20.3 Å². The Hall–Kier alpha value is -2.10. The monoisotopic (exact) mass is 230 g/mol. The van der Waals surface area contributed by atoms with Crippen LogP contribution in [0.25, 0.3) is 10.9 Å². The summed E-state index contributed by atoms with van der Waals surface area (Å²) in [7, 11) is 0. The van der Waals surface area contributed by atoms with E-state index >= 15 is 0 Å². The fraction of sp³-hybridized carbons (Fsp3) is 0.231. The number of fused-ring (bicyclic) bond motifs is 1. The Morgan fingerprint density at radius 2 is 2.18 bits per heavy atom. The van der Waals surface area contributed by atoms with E-state index in [-0.39, 0.29) is 5.56 Å². The van der Waals surface area contributed by atoms with Crippen molar-refractivity contribution in [2.75, 3.05) is 5.73 Å². The molecule has 1 aromatic carbocycles. The molecule has 0 atom stereocenters. The van der Waals surface area contributed by atoms with Gasteiger partial charge in [0.15, 0.2) is 0 Å². The highest BCUT2D eigenvalue weighted by Crippen LogP contribution is 2.28. The van der Waals surface area contributed by atoms with Crippen LogP contribution in [0.2, 0.25) is 0 Å². The number of rotatable bonds is 2. The van der Waals surface area contributed by atoms with Crippen molar-refractivity contribution < 1.29 is 9.90 Å². The summed E-state index contributed by atoms with van der Waals surface area (Å²) in [6, 6.07) is 5.64. The second-order valence-corrected chi connectivity index (χ2v) is 3.97. The van der Waals surface area contributed by atoms with Gasteiger partial charge in [-0.2, -0.15) is 0 Å². The molecule has 0 aliphatic heterocycles. The number of anilines is 1. The van der Waals surface area contributed by atoms with Crippen molar-refractivity contribution in [3.8, 4) is 0 Å². The zero-order valence-corrected chi connectivity index (χ0v) is 9.82. The second-order valence-electron chi connectivity index (χ2n) is 3.97. The number of benzene rings is 1. The number of nitrogen functional groups attached to an aromatic ring is 1. The molecule has 2 rings (SSSR count). The van der Waals surface area contributed by atoms with E-state index in [4.69, 9.17) is 5.73 Å². The summed E-state index contributed by atoms with van der Waals surface area (Å²) in [5.41, 5.74) is 8.66. The molecule has 4 nitrogen and oxygen atoms in total. The van der Waals surface area contributed by atoms with Crippen LogP contribution in [0.15, 0.2) is 18.2 Å². The van der Waals surface area contributed by atoms with Crippen molar-refractivity contribution >= 4 is 22.6 Å². The first-order valence-electron chi connectivity index (χ1n) is 5.47. The Labute approximate surface area is 99.1 Å². The molecule has 1 aromatic heterocycles. The van der Waals surface area contributed by atoms with Crippen molar-refractivity contribution in [2.24, 2.45) is 0 Å². The summed E-state index contributed by atoms with van der Waals surface area (Å²) in [4.78, 5) is 15.6. The number of carboxylic acid groups (broad SMARTS) is 1. The summed E-state index contributed by atoms with van der Waals surface area (Å²) in [6.45, 7) is 3.77. The topological polar surface area (TPSA) is 76.2 Å². The van der Waals surface area contributed by atoms with Crippen LogP contribution in [0.1, 0.15) is 28.5 Å². The van der Waals surface area contributed by atoms with E-state index in [0.29, 0.717) is 17.8 Å². The molecule has 88 valence electrons. The van der Waals surface area contributed by atoms with E-state index in [9.17, 15) is 9.90 Å². The lowest BCUT2D eigenvalue weighted by Crippen LogP contribution is -2.10. The fourth-order valence-corrected chi connectivity index (χ4v) is 2.07. The SMILES string of the molecule is CCc1nc2cccc(C)c2c(N)c1C(=O)O. The van der Waals surface area contributed by atoms with Gasteiger partial charge in [0, 0.05) is 5.39 Å². The van der Waals surface area contributed by atoms with Crippen LogP contribution in [-0.2, 0) is 6.42 Å². The van der Waals surface area contributed by atoms with Crippen LogP contribution >= 0.6 is 0 Å². The van der Waals surface area contributed by atoms with Crippen molar-refractivity contribution in [1.82, 2.24) is 4.98 Å². The van der Waals surface area contributed by atoms with Gasteiger partial charge in [0.25, 0.3) is 0 Å². The van der Waals surface area contributed by atoms with Crippen LogP contribution < -0.4 is 5.73 Å². The normalized spacial score (nSPS) is 10.7. The smallest absolute Gasteiger partial charge is 0.339 e. The number of nitrogens with two attached hydrogens (primary N) is 1. The van der Waals surface area contributed by atoms with Gasteiger partial charge in [-0.25, -0.2) is 4.79 Å². The Morgan fingerprint density at radius 1 is 1.47 bits per heavy atom. The number of hydrogen-bond acceptors (Lipinski definition) is 3. The average molecular weight is 230 g/mol. The van der Waals surface area contributed by atoms with Crippen LogP contribution in [-0.4, -0.2) is 16.1 Å².